The molecule has 1 aliphatic carbocycles. The molecule has 0 N–H and O–H groups in total. The van der Waals surface area contributed by atoms with Gasteiger partial charge in [-0.3, -0.25) is 0 Å². The van der Waals surface area contributed by atoms with Gasteiger partial charge < -0.3 is 9.32 Å². The number of hydrogen-bond acceptors (Lipinski definition) is 2. The van der Waals surface area contributed by atoms with Crippen LogP contribution in [0.1, 0.15) is 77.9 Å². The summed E-state index contributed by atoms with van der Waals surface area (Å²) in [6, 6.07) is -37.1. The molecule has 0 unspecified atom stereocenters. The minimum atomic E-state index is -3.51. The number of hydrogen-bond donors (Lipinski definition) is 0. The number of para-hydroxylation sites is 1. The third-order valence-electron chi connectivity index (χ3n) is 8.62. The largest absolute Gasteiger partial charge is 0.456 e. The van der Waals surface area contributed by atoms with E-state index in [1.54, 1.807) is 0 Å². The van der Waals surface area contributed by atoms with Crippen molar-refractivity contribution in [3.63, 3.8) is 0 Å². The summed E-state index contributed by atoms with van der Waals surface area (Å²) in [6.07, 6.45) is -1.60. The molecule has 0 radical (unpaired) electrons. The summed E-state index contributed by atoms with van der Waals surface area (Å²) in [5, 5.41) is -1.82. The van der Waals surface area contributed by atoms with Crippen LogP contribution in [0.4, 0.5) is 17.1 Å². The van der Waals surface area contributed by atoms with Crippen LogP contribution in [0.5, 0.6) is 0 Å². The maximum absolute atomic E-state index is 10.8. The Morgan fingerprint density at radius 1 is 0.509 bits per heavy atom. The molecule has 2 heteroatoms. The summed E-state index contributed by atoms with van der Waals surface area (Å²) in [4.78, 5) is 0.262. The standard InChI is InChI=1S/C51H37NO/c1-2-51(45-25-12-9-22-42(45)43-23-10-13-26-46(43)51)39-33-47(50-44-24-11-14-27-48(44)53-49(50)34-39)52(40-30-28-37(29-31-40)35-16-5-3-6-17-35)41-21-15-20-38(32-41)36-18-7-4-8-19-36/h3-34H,2H2,1H3/i1D3,3D,4D,5D,6D,7D,8D,9D,10D,11D,12D,13D,14D,15D,16D,17D,18D,19D,20D,21D,22D,23D,24D,25D,26D,27D,28D,29D,30D,31D,32D,33D,34D. The average molecular weight is 715 g/mol. The minimum absolute atomic E-state index is 0.262. The molecular formula is C51H37NO. The van der Waals surface area contributed by atoms with E-state index < -0.39 is 301 Å². The van der Waals surface area contributed by atoms with E-state index in [0.29, 0.717) is 0 Å². The van der Waals surface area contributed by atoms with Gasteiger partial charge in [0.2, 0.25) is 0 Å². The number of nitrogens with zero attached hydrogens (tertiary/aromatic N) is 1. The highest BCUT2D eigenvalue weighted by Crippen LogP contribution is 2.56. The fourth-order valence-electron chi connectivity index (χ4n) is 6.32. The first-order chi connectivity index (χ1) is 40.7. The van der Waals surface area contributed by atoms with Crippen LogP contribution in [0.25, 0.3) is 55.3 Å². The summed E-state index contributed by atoms with van der Waals surface area (Å²) in [5.41, 5.74) is -17.9. The Labute approximate surface area is 359 Å². The zero-order chi connectivity index (χ0) is 65.7. The van der Waals surface area contributed by atoms with Gasteiger partial charge in [0.15, 0.2) is 0 Å². The van der Waals surface area contributed by atoms with Crippen LogP contribution in [-0.4, -0.2) is 0 Å². The van der Waals surface area contributed by atoms with Crippen LogP contribution in [0.15, 0.2) is 198 Å². The van der Waals surface area contributed by atoms with Crippen molar-refractivity contribution < 1.29 is 52.4 Å². The van der Waals surface area contributed by atoms with E-state index in [9.17, 15) is 20.6 Å². The summed E-state index contributed by atoms with van der Waals surface area (Å²) >= 11 is 0. The maximum Gasteiger partial charge on any atom is 0.137 e. The Bertz CT molecular complexity index is 4580. The summed E-state index contributed by atoms with van der Waals surface area (Å²) in [7, 11) is 0. The lowest BCUT2D eigenvalue weighted by Gasteiger charge is -2.34. The van der Waals surface area contributed by atoms with E-state index in [1.807, 2.05) is 0 Å². The smallest absolute Gasteiger partial charge is 0.137 e. The molecule has 1 heterocycles. The Morgan fingerprint density at radius 2 is 1.09 bits per heavy atom. The second-order valence-electron chi connectivity index (χ2n) is 11.3. The van der Waals surface area contributed by atoms with Crippen LogP contribution >= 0.6 is 0 Å². The summed E-state index contributed by atoms with van der Waals surface area (Å²) in [6.45, 7) is -3.51. The van der Waals surface area contributed by atoms with Crippen LogP contribution in [-0.2, 0) is 5.41 Å². The van der Waals surface area contributed by atoms with E-state index in [-0.39, 0.29) is 4.90 Å². The van der Waals surface area contributed by atoms with Crippen molar-refractivity contribution in [3.8, 4) is 33.4 Å². The molecule has 0 bridgehead atoms. The predicted molar refractivity (Wildman–Crippen MR) is 221 cm³/mol. The Morgan fingerprint density at radius 3 is 1.79 bits per heavy atom. The zero-order valence-corrected chi connectivity index (χ0v) is 26.6. The number of fused-ring (bicyclic) bond motifs is 6. The third kappa shape index (κ3) is 4.94. The highest BCUT2D eigenvalue weighted by atomic mass is 16.3. The first-order valence-electron chi connectivity index (χ1n) is 33.0. The molecule has 0 spiro atoms. The average Bonchev–Trinajstić information content (AvgIpc) is 1.45. The Balaban J connectivity index is 1.58. The van der Waals surface area contributed by atoms with Gasteiger partial charge in [0.1, 0.15) is 11.2 Å². The van der Waals surface area contributed by atoms with Crippen molar-refractivity contribution >= 4 is 39.0 Å². The van der Waals surface area contributed by atoms with Crippen LogP contribution in [0, 0.1) is 0 Å². The summed E-state index contributed by atoms with van der Waals surface area (Å²) in [5.74, 6) is 0. The molecule has 0 saturated heterocycles. The van der Waals surface area contributed by atoms with E-state index in [4.69, 9.17) is 31.8 Å². The number of furan rings is 1. The monoisotopic (exact) mass is 715 g/mol. The molecular weight excluding hydrogens is 643 g/mol. The highest BCUT2D eigenvalue weighted by Gasteiger charge is 2.44. The first-order valence-corrected chi connectivity index (χ1v) is 15.5. The van der Waals surface area contributed by atoms with Gasteiger partial charge in [-0.2, -0.15) is 0 Å². The van der Waals surface area contributed by atoms with E-state index in [0.717, 1.165) is 0 Å². The van der Waals surface area contributed by atoms with E-state index in [2.05, 4.69) is 0 Å². The van der Waals surface area contributed by atoms with Crippen molar-refractivity contribution in [2.75, 3.05) is 4.90 Å². The number of anilines is 3. The van der Waals surface area contributed by atoms with Gasteiger partial charge in [0, 0.05) is 26.3 Å². The molecule has 1 aromatic heterocycles. The van der Waals surface area contributed by atoms with E-state index >= 15 is 0 Å². The van der Waals surface area contributed by atoms with Gasteiger partial charge in [-0.1, -0.05) is 158 Å². The van der Waals surface area contributed by atoms with Gasteiger partial charge >= 0.3 is 0 Å². The molecule has 0 fully saturated rings. The lowest BCUT2D eigenvalue weighted by molar-refractivity contribution is 0.606. The maximum atomic E-state index is 10.8. The molecule has 0 saturated carbocycles. The van der Waals surface area contributed by atoms with Crippen LogP contribution < -0.4 is 4.90 Å². The van der Waals surface area contributed by atoms with Crippen molar-refractivity contribution in [1.29, 1.82) is 0 Å². The minimum Gasteiger partial charge on any atom is -0.456 e. The fraction of sp³-hybridized carbons (Fsp3) is 0.0588. The van der Waals surface area contributed by atoms with Gasteiger partial charge in [0.25, 0.3) is 0 Å². The fourth-order valence-corrected chi connectivity index (χ4v) is 6.32. The van der Waals surface area contributed by atoms with Crippen molar-refractivity contribution in [2.24, 2.45) is 0 Å². The Kier molecular flexibility index (Phi) is 2.76. The second-order valence-corrected chi connectivity index (χ2v) is 11.3. The van der Waals surface area contributed by atoms with Crippen molar-refractivity contribution in [1.82, 2.24) is 0 Å². The van der Waals surface area contributed by atoms with Crippen molar-refractivity contribution in [3.05, 3.63) is 210 Å². The predicted octanol–water partition coefficient (Wildman–Crippen LogP) is 14.1. The molecule has 0 aliphatic heterocycles. The SMILES string of the molecule is [2H]c1c([2H])c([2H])c(-c2c([2H])c([2H])c(N(c3c([2H])c([2H])c([2H])c(-c4c([2H])c([2H])c([2H])c([2H])c4[2H])c3[2H])c3c([2H])c(C4(CC([2H])([2H])[2H])c5c([2H])c([2H])c([2H])c([2H])c5-c5c([2H])c([2H])c([2H])c([2H])c54)c([2H])c4oc5c([2H])c([2H])c([2H])c([2H])c5c34)c([2H])c2[2H])c([2H])c1[2H]. The molecule has 0 amide bonds. The van der Waals surface area contributed by atoms with Crippen molar-refractivity contribution in [2.45, 2.75) is 18.7 Å². The van der Waals surface area contributed by atoms with Gasteiger partial charge in [-0.15, -0.1) is 0 Å². The lowest BCUT2D eigenvalue weighted by atomic mass is 9.70. The number of rotatable bonds is 7. The van der Waals surface area contributed by atoms with Gasteiger partial charge in [-0.05, 0) is 98.8 Å². The Hall–Kier alpha value is -6.64. The topological polar surface area (TPSA) is 16.4 Å². The molecule has 9 aromatic rings. The highest BCUT2D eigenvalue weighted by molar-refractivity contribution is 6.14. The second kappa shape index (κ2) is 12.5. The van der Waals surface area contributed by atoms with Gasteiger partial charge in [0.05, 0.1) is 54.9 Å². The third-order valence-corrected chi connectivity index (χ3v) is 8.62. The zero-order valence-electron chi connectivity index (χ0n) is 61.6. The molecule has 252 valence electrons. The van der Waals surface area contributed by atoms with E-state index in [1.165, 1.54) is 0 Å². The van der Waals surface area contributed by atoms with Crippen LogP contribution in [0.2, 0.25) is 0 Å². The molecule has 2 nitrogen and oxygen atoms in total. The molecule has 53 heavy (non-hydrogen) atoms. The quantitative estimate of drug-likeness (QED) is 0.163. The molecule has 1 aliphatic rings. The summed E-state index contributed by atoms with van der Waals surface area (Å²) < 4.78 is 326. The molecule has 10 rings (SSSR count). The van der Waals surface area contributed by atoms with Crippen LogP contribution in [0.3, 0.4) is 0 Å². The normalized spacial score (nSPS) is 22.4. The number of benzene rings is 8. The molecule has 8 aromatic carbocycles. The first kappa shape index (κ1) is 11.7. The van der Waals surface area contributed by atoms with Gasteiger partial charge in [-0.25, -0.2) is 0 Å². The molecule has 0 atom stereocenters. The lowest BCUT2D eigenvalue weighted by Crippen LogP contribution is -2.26.